The van der Waals surface area contributed by atoms with E-state index in [4.69, 9.17) is 0 Å². The number of nitrogens with zero attached hydrogens (tertiary/aromatic N) is 1. The molecule has 0 saturated heterocycles. The van der Waals surface area contributed by atoms with E-state index < -0.39 is 17.7 Å². The van der Waals surface area contributed by atoms with Gasteiger partial charge in [-0.1, -0.05) is 52.3 Å². The highest BCUT2D eigenvalue weighted by molar-refractivity contribution is 9.10. The van der Waals surface area contributed by atoms with Crippen LogP contribution in [0.1, 0.15) is 21.3 Å². The van der Waals surface area contributed by atoms with Crippen molar-refractivity contribution >= 4 is 44.6 Å². The van der Waals surface area contributed by atoms with Gasteiger partial charge < -0.3 is 5.11 Å². The minimum Gasteiger partial charge on any atom is -0.503 e. The summed E-state index contributed by atoms with van der Waals surface area (Å²) >= 11 is 4.69. The molecule has 0 fully saturated rings. The van der Waals surface area contributed by atoms with Gasteiger partial charge in [-0.05, 0) is 41.3 Å². The molecule has 0 bridgehead atoms. The van der Waals surface area contributed by atoms with Crippen molar-refractivity contribution in [3.05, 3.63) is 98.4 Å². The third-order valence-electron chi connectivity index (χ3n) is 4.42. The number of halogens is 1. The Hall–Kier alpha value is -2.70. The number of thiophene rings is 1. The molecule has 4 rings (SSSR count). The molecule has 1 N–H and O–H groups in total. The largest absolute Gasteiger partial charge is 0.503 e. The average Bonchev–Trinajstić information content (AvgIpc) is 3.31. The molecule has 0 aliphatic carbocycles. The minimum atomic E-state index is -0.692. The summed E-state index contributed by atoms with van der Waals surface area (Å²) in [6.45, 7) is 0. The van der Waals surface area contributed by atoms with Crippen LogP contribution in [0.15, 0.2) is 87.9 Å². The van der Waals surface area contributed by atoms with Crippen molar-refractivity contribution in [2.24, 2.45) is 0 Å². The van der Waals surface area contributed by atoms with E-state index in [9.17, 15) is 14.7 Å². The van der Waals surface area contributed by atoms with E-state index in [0.29, 0.717) is 10.6 Å². The Labute approximate surface area is 168 Å². The van der Waals surface area contributed by atoms with Crippen LogP contribution >= 0.6 is 27.3 Å². The SMILES string of the molecule is O=C(C1=C(O)C(=O)N(c2ccccc2)C1c1ccc(Br)cc1)c1cccs1. The van der Waals surface area contributed by atoms with Crippen molar-refractivity contribution < 1.29 is 14.7 Å². The molecule has 6 heteroatoms. The summed E-state index contributed by atoms with van der Waals surface area (Å²) in [7, 11) is 0. The van der Waals surface area contributed by atoms with Crippen LogP contribution in [0.5, 0.6) is 0 Å². The van der Waals surface area contributed by atoms with Crippen molar-refractivity contribution in [3.8, 4) is 0 Å². The molecule has 1 aromatic heterocycles. The standard InChI is InChI=1S/C21H14BrNO3S/c22-14-10-8-13(9-11-14)18-17(19(24)16-7-4-12-27-16)20(25)21(26)23(18)15-5-2-1-3-6-15/h1-12,18,25H. The van der Waals surface area contributed by atoms with Crippen LogP contribution < -0.4 is 4.90 Å². The van der Waals surface area contributed by atoms with E-state index in [2.05, 4.69) is 15.9 Å². The number of para-hydroxylation sites is 1. The number of ketones is 1. The molecule has 134 valence electrons. The van der Waals surface area contributed by atoms with Gasteiger partial charge in [0, 0.05) is 10.2 Å². The Bertz CT molecular complexity index is 1030. The van der Waals surface area contributed by atoms with Gasteiger partial charge in [0.25, 0.3) is 5.91 Å². The maximum atomic E-state index is 13.1. The van der Waals surface area contributed by atoms with Gasteiger partial charge in [-0.25, -0.2) is 0 Å². The molecule has 1 unspecified atom stereocenters. The van der Waals surface area contributed by atoms with Gasteiger partial charge in [-0.15, -0.1) is 11.3 Å². The van der Waals surface area contributed by atoms with Crippen LogP contribution in [0.2, 0.25) is 0 Å². The number of anilines is 1. The van der Waals surface area contributed by atoms with E-state index in [1.807, 2.05) is 42.5 Å². The monoisotopic (exact) mass is 439 g/mol. The summed E-state index contributed by atoms with van der Waals surface area (Å²) in [5.41, 5.74) is 1.48. The summed E-state index contributed by atoms with van der Waals surface area (Å²) in [6, 6.07) is 19.2. The second-order valence-electron chi connectivity index (χ2n) is 6.03. The number of carbonyl (C=O) groups excluding carboxylic acids is 2. The molecule has 1 atom stereocenters. The maximum absolute atomic E-state index is 13.1. The minimum absolute atomic E-state index is 0.105. The van der Waals surface area contributed by atoms with Crippen LogP contribution in [0, 0.1) is 0 Å². The summed E-state index contributed by atoms with van der Waals surface area (Å²) in [5.74, 6) is -1.40. The predicted octanol–water partition coefficient (Wildman–Crippen LogP) is 5.29. The van der Waals surface area contributed by atoms with Crippen LogP contribution in [0.4, 0.5) is 5.69 Å². The highest BCUT2D eigenvalue weighted by atomic mass is 79.9. The smallest absolute Gasteiger partial charge is 0.294 e. The first kappa shape index (κ1) is 17.7. The molecular formula is C21H14BrNO3S. The summed E-state index contributed by atoms with van der Waals surface area (Å²) in [4.78, 5) is 28.0. The lowest BCUT2D eigenvalue weighted by molar-refractivity contribution is -0.117. The lowest BCUT2D eigenvalue weighted by Crippen LogP contribution is -2.30. The summed E-state index contributed by atoms with van der Waals surface area (Å²) in [6.07, 6.45) is 0. The number of hydrogen-bond donors (Lipinski definition) is 1. The third-order valence-corrected chi connectivity index (χ3v) is 5.82. The average molecular weight is 440 g/mol. The summed E-state index contributed by atoms with van der Waals surface area (Å²) in [5, 5.41) is 12.4. The molecule has 27 heavy (non-hydrogen) atoms. The Balaban J connectivity index is 1.88. The topological polar surface area (TPSA) is 57.6 Å². The van der Waals surface area contributed by atoms with Gasteiger partial charge in [0.15, 0.2) is 5.76 Å². The first-order valence-corrected chi connectivity index (χ1v) is 9.90. The summed E-state index contributed by atoms with van der Waals surface area (Å²) < 4.78 is 0.890. The molecule has 2 aromatic carbocycles. The van der Waals surface area contributed by atoms with Crippen molar-refractivity contribution in [1.82, 2.24) is 0 Å². The normalized spacial score (nSPS) is 16.9. The van der Waals surface area contributed by atoms with Gasteiger partial charge in [-0.2, -0.15) is 0 Å². The van der Waals surface area contributed by atoms with Gasteiger partial charge >= 0.3 is 0 Å². The number of amides is 1. The zero-order chi connectivity index (χ0) is 19.0. The molecular weight excluding hydrogens is 426 g/mol. The van der Waals surface area contributed by atoms with Crippen LogP contribution in [-0.2, 0) is 4.79 Å². The fraction of sp³-hybridized carbons (Fsp3) is 0.0476. The number of benzene rings is 2. The van der Waals surface area contributed by atoms with Crippen LogP contribution in [-0.4, -0.2) is 16.8 Å². The number of aliphatic hydroxyl groups excluding tert-OH is 1. The van der Waals surface area contributed by atoms with Crippen molar-refractivity contribution in [2.45, 2.75) is 6.04 Å². The highest BCUT2D eigenvalue weighted by Gasteiger charge is 2.44. The number of Topliss-reactive ketones (excluding diaryl/α,β-unsaturated/α-hetero) is 1. The molecule has 0 saturated carbocycles. The molecule has 1 aliphatic rings. The molecule has 0 spiro atoms. The Morgan fingerprint density at radius 1 is 1.00 bits per heavy atom. The molecule has 0 radical (unpaired) electrons. The number of carbonyl (C=O) groups is 2. The Morgan fingerprint density at radius 2 is 1.70 bits per heavy atom. The van der Waals surface area contributed by atoms with Crippen LogP contribution in [0.3, 0.4) is 0 Å². The number of hydrogen-bond acceptors (Lipinski definition) is 4. The highest BCUT2D eigenvalue weighted by Crippen LogP contribution is 2.42. The fourth-order valence-corrected chi connectivity index (χ4v) is 4.14. The van der Waals surface area contributed by atoms with E-state index in [1.165, 1.54) is 16.2 Å². The molecule has 4 nitrogen and oxygen atoms in total. The van der Waals surface area contributed by atoms with Crippen molar-refractivity contribution in [1.29, 1.82) is 0 Å². The molecule has 1 aliphatic heterocycles. The van der Waals surface area contributed by atoms with Gasteiger partial charge in [0.1, 0.15) is 0 Å². The first-order valence-electron chi connectivity index (χ1n) is 8.23. The predicted molar refractivity (Wildman–Crippen MR) is 109 cm³/mol. The van der Waals surface area contributed by atoms with E-state index in [0.717, 1.165) is 10.0 Å². The Morgan fingerprint density at radius 3 is 2.33 bits per heavy atom. The molecule has 2 heterocycles. The second kappa shape index (κ2) is 7.13. The van der Waals surface area contributed by atoms with Gasteiger partial charge in [0.2, 0.25) is 5.78 Å². The lowest BCUT2D eigenvalue weighted by atomic mass is 9.95. The number of aliphatic hydroxyl groups is 1. The van der Waals surface area contributed by atoms with E-state index in [-0.39, 0.29) is 11.4 Å². The number of rotatable bonds is 4. The van der Waals surface area contributed by atoms with Crippen LogP contribution in [0.25, 0.3) is 0 Å². The van der Waals surface area contributed by atoms with E-state index >= 15 is 0 Å². The van der Waals surface area contributed by atoms with Gasteiger partial charge in [-0.3, -0.25) is 14.5 Å². The third kappa shape index (κ3) is 3.11. The zero-order valence-corrected chi connectivity index (χ0v) is 16.4. The first-order chi connectivity index (χ1) is 13.1. The lowest BCUT2D eigenvalue weighted by Gasteiger charge is -2.26. The van der Waals surface area contributed by atoms with Gasteiger partial charge in [0.05, 0.1) is 16.5 Å². The Kier molecular flexibility index (Phi) is 4.68. The molecule has 3 aromatic rings. The fourth-order valence-electron chi connectivity index (χ4n) is 3.19. The zero-order valence-electron chi connectivity index (χ0n) is 14.0. The second-order valence-corrected chi connectivity index (χ2v) is 7.90. The van der Waals surface area contributed by atoms with Crippen molar-refractivity contribution in [3.63, 3.8) is 0 Å². The van der Waals surface area contributed by atoms with E-state index in [1.54, 1.807) is 29.6 Å². The molecule has 1 amide bonds. The quantitative estimate of drug-likeness (QED) is 0.561. The van der Waals surface area contributed by atoms with Crippen molar-refractivity contribution in [2.75, 3.05) is 4.90 Å². The maximum Gasteiger partial charge on any atom is 0.294 e.